The van der Waals surface area contributed by atoms with E-state index in [1.165, 1.54) is 4.68 Å². The summed E-state index contributed by atoms with van der Waals surface area (Å²) < 4.78 is 7.17. The molecule has 6 heteroatoms. The Bertz CT molecular complexity index is 602. The summed E-state index contributed by atoms with van der Waals surface area (Å²) in [5.74, 6) is 0.382. The first kappa shape index (κ1) is 13.1. The maximum absolute atomic E-state index is 11.4. The molecule has 0 saturated carbocycles. The van der Waals surface area contributed by atoms with Crippen molar-refractivity contribution in [3.8, 4) is 11.6 Å². The highest BCUT2D eigenvalue weighted by molar-refractivity contribution is 5.96. The van der Waals surface area contributed by atoms with E-state index in [2.05, 4.69) is 5.10 Å². The molecule has 1 aromatic heterocycles. The van der Waals surface area contributed by atoms with E-state index in [1.807, 2.05) is 12.1 Å². The van der Waals surface area contributed by atoms with Gasteiger partial charge in [0, 0.05) is 13.6 Å². The third kappa shape index (κ3) is 2.58. The van der Waals surface area contributed by atoms with Gasteiger partial charge in [0.2, 0.25) is 5.88 Å². The molecule has 1 aromatic carbocycles. The first-order valence-corrected chi connectivity index (χ1v) is 5.83. The zero-order chi connectivity index (χ0) is 14.0. The SMILES string of the molecule is Cc1nn(C)c(Oc2ccc(CN)cc2)c1C(N)=O. The van der Waals surface area contributed by atoms with E-state index in [-0.39, 0.29) is 0 Å². The Morgan fingerprint density at radius 3 is 2.53 bits per heavy atom. The summed E-state index contributed by atoms with van der Waals surface area (Å²) in [7, 11) is 1.70. The van der Waals surface area contributed by atoms with Gasteiger partial charge in [-0.2, -0.15) is 5.10 Å². The van der Waals surface area contributed by atoms with Crippen LogP contribution in [0.5, 0.6) is 11.6 Å². The van der Waals surface area contributed by atoms with Gasteiger partial charge in [0.1, 0.15) is 11.3 Å². The minimum absolute atomic E-state index is 0.297. The van der Waals surface area contributed by atoms with Crippen LogP contribution in [0.25, 0.3) is 0 Å². The zero-order valence-electron chi connectivity index (χ0n) is 10.9. The van der Waals surface area contributed by atoms with Gasteiger partial charge in [-0.15, -0.1) is 0 Å². The van der Waals surface area contributed by atoms with Crippen LogP contribution in [0, 0.1) is 6.92 Å². The number of benzene rings is 1. The molecule has 0 aliphatic rings. The number of carbonyl (C=O) groups is 1. The molecule has 0 aliphatic heterocycles. The van der Waals surface area contributed by atoms with E-state index in [0.717, 1.165) is 5.56 Å². The molecule has 6 nitrogen and oxygen atoms in total. The second-order valence-corrected chi connectivity index (χ2v) is 4.20. The Morgan fingerprint density at radius 1 is 1.37 bits per heavy atom. The molecule has 1 amide bonds. The molecule has 0 radical (unpaired) electrons. The molecule has 19 heavy (non-hydrogen) atoms. The molecule has 0 bridgehead atoms. The van der Waals surface area contributed by atoms with Crippen molar-refractivity contribution in [2.45, 2.75) is 13.5 Å². The molecule has 4 N–H and O–H groups in total. The Morgan fingerprint density at radius 2 is 2.00 bits per heavy atom. The number of hydrogen-bond acceptors (Lipinski definition) is 4. The van der Waals surface area contributed by atoms with Gasteiger partial charge in [0.25, 0.3) is 5.91 Å². The van der Waals surface area contributed by atoms with Gasteiger partial charge >= 0.3 is 0 Å². The van der Waals surface area contributed by atoms with Crippen LogP contribution in [0.3, 0.4) is 0 Å². The van der Waals surface area contributed by atoms with Gasteiger partial charge < -0.3 is 16.2 Å². The number of nitrogens with zero attached hydrogens (tertiary/aromatic N) is 2. The lowest BCUT2D eigenvalue weighted by molar-refractivity contribution is 0.0997. The van der Waals surface area contributed by atoms with E-state index < -0.39 is 5.91 Å². The number of aryl methyl sites for hydroxylation is 2. The van der Waals surface area contributed by atoms with Gasteiger partial charge in [0.15, 0.2) is 0 Å². The number of aromatic nitrogens is 2. The smallest absolute Gasteiger partial charge is 0.256 e. The van der Waals surface area contributed by atoms with Crippen molar-refractivity contribution in [3.05, 3.63) is 41.1 Å². The molecular weight excluding hydrogens is 244 g/mol. The summed E-state index contributed by atoms with van der Waals surface area (Å²) in [4.78, 5) is 11.4. The second kappa shape index (κ2) is 5.11. The Kier molecular flexibility index (Phi) is 3.52. The van der Waals surface area contributed by atoms with Crippen LogP contribution in [0.15, 0.2) is 24.3 Å². The Labute approximate surface area is 111 Å². The van der Waals surface area contributed by atoms with Gasteiger partial charge in [-0.05, 0) is 24.6 Å². The highest BCUT2D eigenvalue weighted by Gasteiger charge is 2.19. The monoisotopic (exact) mass is 260 g/mol. The number of ether oxygens (including phenoxy) is 1. The number of rotatable bonds is 4. The van der Waals surface area contributed by atoms with E-state index in [9.17, 15) is 4.79 Å². The van der Waals surface area contributed by atoms with Gasteiger partial charge in [-0.3, -0.25) is 4.79 Å². The van der Waals surface area contributed by atoms with E-state index in [0.29, 0.717) is 29.4 Å². The number of nitrogens with two attached hydrogens (primary N) is 2. The molecule has 0 aliphatic carbocycles. The molecule has 1 heterocycles. The minimum atomic E-state index is -0.556. The standard InChI is InChI=1S/C13H16N4O2/c1-8-11(12(15)18)13(17(2)16-8)19-10-5-3-9(7-14)4-6-10/h3-6H,7,14H2,1-2H3,(H2,15,18). The van der Waals surface area contributed by atoms with Crippen LogP contribution in [0.1, 0.15) is 21.6 Å². The highest BCUT2D eigenvalue weighted by Crippen LogP contribution is 2.26. The summed E-state index contributed by atoms with van der Waals surface area (Å²) in [6, 6.07) is 7.30. The lowest BCUT2D eigenvalue weighted by Crippen LogP contribution is -2.13. The average molecular weight is 260 g/mol. The van der Waals surface area contributed by atoms with Crippen molar-refractivity contribution in [1.82, 2.24) is 9.78 Å². The predicted molar refractivity (Wildman–Crippen MR) is 70.9 cm³/mol. The fourth-order valence-electron chi connectivity index (χ4n) is 1.84. The lowest BCUT2D eigenvalue weighted by atomic mass is 10.2. The summed E-state index contributed by atoms with van der Waals surface area (Å²) in [5, 5.41) is 4.13. The van der Waals surface area contributed by atoms with Crippen LogP contribution in [0.2, 0.25) is 0 Å². The number of primary amides is 1. The summed E-state index contributed by atoms with van der Waals surface area (Å²) >= 11 is 0. The zero-order valence-corrected chi connectivity index (χ0v) is 10.9. The van der Waals surface area contributed by atoms with E-state index >= 15 is 0 Å². The second-order valence-electron chi connectivity index (χ2n) is 4.20. The highest BCUT2D eigenvalue weighted by atomic mass is 16.5. The summed E-state index contributed by atoms with van der Waals surface area (Å²) in [5.41, 5.74) is 12.7. The largest absolute Gasteiger partial charge is 0.438 e. The van der Waals surface area contributed by atoms with Crippen molar-refractivity contribution in [2.75, 3.05) is 0 Å². The quantitative estimate of drug-likeness (QED) is 0.859. The molecule has 2 aromatic rings. The third-order valence-electron chi connectivity index (χ3n) is 2.79. The normalized spacial score (nSPS) is 10.5. The summed E-state index contributed by atoms with van der Waals surface area (Å²) in [6.45, 7) is 2.18. The molecule has 100 valence electrons. The Balaban J connectivity index is 2.34. The summed E-state index contributed by atoms with van der Waals surface area (Å²) in [6.07, 6.45) is 0. The van der Waals surface area contributed by atoms with Crippen LogP contribution >= 0.6 is 0 Å². The first-order valence-electron chi connectivity index (χ1n) is 5.83. The molecule has 0 spiro atoms. The van der Waals surface area contributed by atoms with Gasteiger partial charge in [-0.1, -0.05) is 12.1 Å². The lowest BCUT2D eigenvalue weighted by Gasteiger charge is -2.07. The number of carbonyl (C=O) groups excluding carboxylic acids is 1. The molecule has 2 rings (SSSR count). The van der Waals surface area contributed by atoms with Crippen LogP contribution in [-0.4, -0.2) is 15.7 Å². The van der Waals surface area contributed by atoms with Gasteiger partial charge in [0.05, 0.1) is 5.69 Å². The maximum Gasteiger partial charge on any atom is 0.256 e. The van der Waals surface area contributed by atoms with Crippen LogP contribution in [-0.2, 0) is 13.6 Å². The van der Waals surface area contributed by atoms with Crippen molar-refractivity contribution < 1.29 is 9.53 Å². The number of hydrogen-bond donors (Lipinski definition) is 2. The molecular formula is C13H16N4O2. The third-order valence-corrected chi connectivity index (χ3v) is 2.79. The molecule has 0 atom stereocenters. The first-order chi connectivity index (χ1) is 9.02. The van der Waals surface area contributed by atoms with Crippen LogP contribution < -0.4 is 16.2 Å². The van der Waals surface area contributed by atoms with Crippen molar-refractivity contribution in [3.63, 3.8) is 0 Å². The van der Waals surface area contributed by atoms with Crippen molar-refractivity contribution in [1.29, 1.82) is 0 Å². The van der Waals surface area contributed by atoms with Crippen LogP contribution in [0.4, 0.5) is 0 Å². The molecule has 0 saturated heterocycles. The fourth-order valence-corrected chi connectivity index (χ4v) is 1.84. The fraction of sp³-hybridized carbons (Fsp3) is 0.231. The van der Waals surface area contributed by atoms with Crippen molar-refractivity contribution in [2.24, 2.45) is 18.5 Å². The molecule has 0 unspecified atom stereocenters. The maximum atomic E-state index is 11.4. The van der Waals surface area contributed by atoms with E-state index in [4.69, 9.17) is 16.2 Å². The predicted octanol–water partition coefficient (Wildman–Crippen LogP) is 1.08. The average Bonchev–Trinajstić information content (AvgIpc) is 2.65. The Hall–Kier alpha value is -2.34. The number of amides is 1. The van der Waals surface area contributed by atoms with E-state index in [1.54, 1.807) is 26.1 Å². The van der Waals surface area contributed by atoms with Crippen molar-refractivity contribution >= 4 is 5.91 Å². The molecule has 0 fully saturated rings. The minimum Gasteiger partial charge on any atom is -0.438 e. The van der Waals surface area contributed by atoms with Gasteiger partial charge in [-0.25, -0.2) is 4.68 Å². The topological polar surface area (TPSA) is 96.2 Å².